The molecule has 1 fully saturated rings. The summed E-state index contributed by atoms with van der Waals surface area (Å²) in [4.78, 5) is 16.7. The van der Waals surface area contributed by atoms with Crippen molar-refractivity contribution in [3.8, 4) is 17.6 Å². The predicted octanol–water partition coefficient (Wildman–Crippen LogP) is 3.86. The van der Waals surface area contributed by atoms with Crippen molar-refractivity contribution < 1.29 is 9.53 Å². The lowest BCUT2D eigenvalue weighted by molar-refractivity contribution is 0.0890. The zero-order valence-electron chi connectivity index (χ0n) is 16.0. The van der Waals surface area contributed by atoms with Gasteiger partial charge in [-0.2, -0.15) is 5.26 Å². The Morgan fingerprint density at radius 3 is 2.41 bits per heavy atom. The third-order valence-electron chi connectivity index (χ3n) is 5.19. The predicted molar refractivity (Wildman–Crippen MR) is 109 cm³/mol. The van der Waals surface area contributed by atoms with Crippen molar-refractivity contribution >= 4 is 5.91 Å². The van der Waals surface area contributed by atoms with Gasteiger partial charge in [0, 0.05) is 41.9 Å². The summed E-state index contributed by atoms with van der Waals surface area (Å²) in [6.07, 6.45) is 9.01. The molecule has 0 bridgehead atoms. The minimum atomic E-state index is -0.0396. The van der Waals surface area contributed by atoms with E-state index < -0.39 is 0 Å². The molecule has 6 heteroatoms. The molecule has 2 heterocycles. The van der Waals surface area contributed by atoms with E-state index in [2.05, 4.69) is 10.3 Å². The number of hydrogen-bond donors (Lipinski definition) is 1. The van der Waals surface area contributed by atoms with Crippen molar-refractivity contribution in [2.45, 2.75) is 37.8 Å². The SMILES string of the molecule is N#Cc1ccc(OC2CCC(NC(=O)c3ccc(-n4cccc4)cc3)CC2)nc1. The number of ether oxygens (including phenoxy) is 1. The second-order valence-electron chi connectivity index (χ2n) is 7.20. The Morgan fingerprint density at radius 2 is 1.79 bits per heavy atom. The van der Waals surface area contributed by atoms with E-state index in [1.807, 2.05) is 59.4 Å². The van der Waals surface area contributed by atoms with Gasteiger partial charge < -0.3 is 14.6 Å². The van der Waals surface area contributed by atoms with Gasteiger partial charge in [-0.15, -0.1) is 0 Å². The first kappa shape index (κ1) is 18.8. The lowest BCUT2D eigenvalue weighted by atomic mass is 9.92. The highest BCUT2D eigenvalue weighted by atomic mass is 16.5. The maximum Gasteiger partial charge on any atom is 0.251 e. The topological polar surface area (TPSA) is 79.9 Å². The molecule has 146 valence electrons. The Kier molecular flexibility index (Phi) is 5.57. The first-order valence-electron chi connectivity index (χ1n) is 9.78. The van der Waals surface area contributed by atoms with E-state index in [0.29, 0.717) is 17.0 Å². The van der Waals surface area contributed by atoms with Gasteiger partial charge in [-0.25, -0.2) is 4.98 Å². The summed E-state index contributed by atoms with van der Waals surface area (Å²) in [7, 11) is 0. The molecule has 3 aromatic rings. The monoisotopic (exact) mass is 386 g/mol. The van der Waals surface area contributed by atoms with Crippen LogP contribution in [0.1, 0.15) is 41.6 Å². The zero-order valence-corrected chi connectivity index (χ0v) is 16.0. The van der Waals surface area contributed by atoms with Gasteiger partial charge in [-0.3, -0.25) is 4.79 Å². The van der Waals surface area contributed by atoms with Gasteiger partial charge in [0.15, 0.2) is 0 Å². The molecule has 0 aliphatic heterocycles. The van der Waals surface area contributed by atoms with Gasteiger partial charge in [-0.1, -0.05) is 0 Å². The van der Waals surface area contributed by atoms with Crippen LogP contribution < -0.4 is 10.1 Å². The van der Waals surface area contributed by atoms with Gasteiger partial charge in [0.05, 0.1) is 5.56 Å². The summed E-state index contributed by atoms with van der Waals surface area (Å²) in [5.74, 6) is 0.501. The summed E-state index contributed by atoms with van der Waals surface area (Å²) in [6.45, 7) is 0. The molecule has 6 nitrogen and oxygen atoms in total. The average molecular weight is 386 g/mol. The van der Waals surface area contributed by atoms with Crippen LogP contribution >= 0.6 is 0 Å². The van der Waals surface area contributed by atoms with Gasteiger partial charge in [0.1, 0.15) is 12.2 Å². The molecule has 2 aromatic heterocycles. The van der Waals surface area contributed by atoms with Crippen molar-refractivity contribution in [2.24, 2.45) is 0 Å². The molecule has 4 rings (SSSR count). The Balaban J connectivity index is 1.26. The highest BCUT2D eigenvalue weighted by Crippen LogP contribution is 2.23. The quantitative estimate of drug-likeness (QED) is 0.722. The van der Waals surface area contributed by atoms with Crippen LogP contribution in [-0.4, -0.2) is 27.6 Å². The van der Waals surface area contributed by atoms with E-state index in [-0.39, 0.29) is 18.1 Å². The lowest BCUT2D eigenvalue weighted by Gasteiger charge is -2.29. The number of pyridine rings is 1. The number of nitriles is 1. The average Bonchev–Trinajstić information content (AvgIpc) is 3.31. The van der Waals surface area contributed by atoms with Crippen molar-refractivity contribution in [1.29, 1.82) is 5.26 Å². The van der Waals surface area contributed by atoms with Crippen LogP contribution in [0.3, 0.4) is 0 Å². The number of carbonyl (C=O) groups excluding carboxylic acids is 1. The molecular weight excluding hydrogens is 364 g/mol. The fraction of sp³-hybridized carbons (Fsp3) is 0.261. The fourth-order valence-electron chi connectivity index (χ4n) is 3.57. The van der Waals surface area contributed by atoms with Crippen LogP contribution in [-0.2, 0) is 0 Å². The minimum Gasteiger partial charge on any atom is -0.474 e. The molecule has 0 spiro atoms. The normalized spacial score (nSPS) is 18.6. The Bertz CT molecular complexity index is 981. The second kappa shape index (κ2) is 8.61. The number of rotatable bonds is 5. The number of benzene rings is 1. The van der Waals surface area contributed by atoms with Crippen LogP contribution in [0.15, 0.2) is 67.1 Å². The first-order valence-corrected chi connectivity index (χ1v) is 9.78. The summed E-state index contributed by atoms with van der Waals surface area (Å²) >= 11 is 0. The number of carbonyl (C=O) groups is 1. The van der Waals surface area contributed by atoms with Crippen LogP contribution in [0, 0.1) is 11.3 Å². The smallest absolute Gasteiger partial charge is 0.251 e. The second-order valence-corrected chi connectivity index (χ2v) is 7.20. The zero-order chi connectivity index (χ0) is 20.1. The number of hydrogen-bond acceptors (Lipinski definition) is 4. The van der Waals surface area contributed by atoms with Gasteiger partial charge in [-0.05, 0) is 68.1 Å². The highest BCUT2D eigenvalue weighted by Gasteiger charge is 2.24. The fourth-order valence-corrected chi connectivity index (χ4v) is 3.57. The summed E-state index contributed by atoms with van der Waals surface area (Å²) in [6, 6.07) is 17.2. The third-order valence-corrected chi connectivity index (χ3v) is 5.19. The van der Waals surface area contributed by atoms with Crippen molar-refractivity contribution in [3.05, 3.63) is 78.2 Å². The van der Waals surface area contributed by atoms with E-state index in [1.165, 1.54) is 6.20 Å². The number of nitrogens with one attached hydrogen (secondary N) is 1. The lowest BCUT2D eigenvalue weighted by Crippen LogP contribution is -2.39. The Hall–Kier alpha value is -3.59. The minimum absolute atomic E-state index is 0.0396. The molecule has 1 amide bonds. The van der Waals surface area contributed by atoms with Gasteiger partial charge in [0.25, 0.3) is 5.91 Å². The Morgan fingerprint density at radius 1 is 1.07 bits per heavy atom. The van der Waals surface area contributed by atoms with E-state index in [0.717, 1.165) is 31.4 Å². The largest absolute Gasteiger partial charge is 0.474 e. The molecule has 1 saturated carbocycles. The molecule has 0 unspecified atom stereocenters. The summed E-state index contributed by atoms with van der Waals surface area (Å²) in [5.41, 5.74) is 2.21. The summed E-state index contributed by atoms with van der Waals surface area (Å²) in [5, 5.41) is 12.0. The van der Waals surface area contributed by atoms with E-state index in [9.17, 15) is 4.79 Å². The highest BCUT2D eigenvalue weighted by molar-refractivity contribution is 5.94. The maximum atomic E-state index is 12.6. The Labute approximate surface area is 169 Å². The van der Waals surface area contributed by atoms with Crippen LogP contribution in [0.2, 0.25) is 0 Å². The molecule has 0 atom stereocenters. The first-order chi connectivity index (χ1) is 14.2. The van der Waals surface area contributed by atoms with E-state index in [4.69, 9.17) is 10.00 Å². The number of aromatic nitrogens is 2. The standard InChI is InChI=1S/C23H22N4O2/c24-15-17-3-12-22(25-16-17)29-21-10-6-19(7-11-21)26-23(28)18-4-8-20(9-5-18)27-13-1-2-14-27/h1-5,8-9,12-14,16,19,21H,6-7,10-11H2,(H,26,28). The molecule has 1 aromatic carbocycles. The van der Waals surface area contributed by atoms with E-state index in [1.54, 1.807) is 12.1 Å². The number of amides is 1. The molecule has 0 saturated heterocycles. The van der Waals surface area contributed by atoms with Gasteiger partial charge >= 0.3 is 0 Å². The van der Waals surface area contributed by atoms with Gasteiger partial charge in [0.2, 0.25) is 5.88 Å². The molecule has 1 aliphatic carbocycles. The van der Waals surface area contributed by atoms with E-state index >= 15 is 0 Å². The third kappa shape index (κ3) is 4.64. The molecule has 1 N–H and O–H groups in total. The molecule has 0 radical (unpaired) electrons. The number of nitrogens with zero attached hydrogens (tertiary/aromatic N) is 3. The summed E-state index contributed by atoms with van der Waals surface area (Å²) < 4.78 is 7.91. The molecule has 1 aliphatic rings. The van der Waals surface area contributed by atoms with Crippen molar-refractivity contribution in [1.82, 2.24) is 14.9 Å². The van der Waals surface area contributed by atoms with Crippen molar-refractivity contribution in [3.63, 3.8) is 0 Å². The van der Waals surface area contributed by atoms with Crippen molar-refractivity contribution in [2.75, 3.05) is 0 Å². The van der Waals surface area contributed by atoms with Crippen LogP contribution in [0.4, 0.5) is 0 Å². The van der Waals surface area contributed by atoms with Crippen LogP contribution in [0.5, 0.6) is 5.88 Å². The molecular formula is C23H22N4O2. The van der Waals surface area contributed by atoms with Crippen LogP contribution in [0.25, 0.3) is 5.69 Å². The molecule has 29 heavy (non-hydrogen) atoms. The maximum absolute atomic E-state index is 12.6.